The molecule has 56 heavy (non-hydrogen) atoms. The lowest BCUT2D eigenvalue weighted by Gasteiger charge is -2.28. The van der Waals surface area contributed by atoms with Crippen molar-refractivity contribution in [3.63, 3.8) is 0 Å². The summed E-state index contributed by atoms with van der Waals surface area (Å²) in [6.07, 6.45) is 6.14. The van der Waals surface area contributed by atoms with Gasteiger partial charge in [-0.05, 0) is 124 Å². The van der Waals surface area contributed by atoms with Crippen LogP contribution in [0.4, 0.5) is 39.8 Å². The maximum absolute atomic E-state index is 4.56. The van der Waals surface area contributed by atoms with E-state index in [0.29, 0.717) is 0 Å². The lowest BCUT2D eigenvalue weighted by atomic mass is 9.98. The molecule has 2 unspecified atom stereocenters. The van der Waals surface area contributed by atoms with E-state index >= 15 is 0 Å². The van der Waals surface area contributed by atoms with Crippen LogP contribution in [0.2, 0.25) is 0 Å². The number of rotatable bonds is 6. The molecule has 6 nitrogen and oxygen atoms in total. The molecule has 0 bridgehead atoms. The lowest BCUT2D eigenvalue weighted by molar-refractivity contribution is 0.828. The van der Waals surface area contributed by atoms with Gasteiger partial charge in [-0.1, -0.05) is 97.1 Å². The summed E-state index contributed by atoms with van der Waals surface area (Å²) in [6, 6.07) is 61.2. The van der Waals surface area contributed by atoms with Crippen molar-refractivity contribution >= 4 is 56.8 Å². The Kier molecular flexibility index (Phi) is 7.59. The van der Waals surface area contributed by atoms with Gasteiger partial charge in [0.25, 0.3) is 0 Å². The van der Waals surface area contributed by atoms with E-state index in [9.17, 15) is 0 Å². The van der Waals surface area contributed by atoms with Crippen LogP contribution in [0.1, 0.15) is 29.0 Å². The highest BCUT2D eigenvalue weighted by Gasteiger charge is 2.33. The molecule has 0 saturated heterocycles. The molecular weight excluding hydrogens is 685 g/mol. The van der Waals surface area contributed by atoms with E-state index in [1.165, 1.54) is 44.6 Å². The van der Waals surface area contributed by atoms with Gasteiger partial charge in [0, 0.05) is 35.2 Å². The zero-order chi connectivity index (χ0) is 37.0. The molecule has 268 valence electrons. The summed E-state index contributed by atoms with van der Waals surface area (Å²) in [5, 5.41) is 12.4. The second kappa shape index (κ2) is 13.2. The highest BCUT2D eigenvalue weighted by molar-refractivity contribution is 5.90. The minimum atomic E-state index is -0.0637. The zero-order valence-corrected chi connectivity index (χ0v) is 30.6. The van der Waals surface area contributed by atoms with Crippen LogP contribution in [0.5, 0.6) is 0 Å². The normalized spacial score (nSPS) is 16.4. The molecule has 2 atom stereocenters. The molecule has 0 radical (unpaired) electrons. The van der Waals surface area contributed by atoms with Gasteiger partial charge in [-0.15, -0.1) is 0 Å². The number of benzene rings is 7. The Morgan fingerprint density at radius 1 is 0.482 bits per heavy atom. The molecule has 4 heterocycles. The Bertz CT molecular complexity index is 2800. The number of anilines is 7. The third-order valence-electron chi connectivity index (χ3n) is 11.3. The quantitative estimate of drug-likeness (QED) is 0.159. The zero-order valence-electron chi connectivity index (χ0n) is 30.6. The van der Waals surface area contributed by atoms with Crippen molar-refractivity contribution in [2.75, 3.05) is 32.3 Å². The van der Waals surface area contributed by atoms with Crippen molar-refractivity contribution in [1.82, 2.24) is 4.98 Å². The largest absolute Gasteiger partial charge is 0.381 e. The Balaban J connectivity index is 0.929. The van der Waals surface area contributed by atoms with Crippen molar-refractivity contribution < 1.29 is 0 Å². The first-order valence-corrected chi connectivity index (χ1v) is 19.2. The number of fused-ring (bicyclic) bond motifs is 4. The van der Waals surface area contributed by atoms with E-state index in [1.54, 1.807) is 0 Å². The van der Waals surface area contributed by atoms with Gasteiger partial charge in [-0.3, -0.25) is 4.98 Å². The van der Waals surface area contributed by atoms with Gasteiger partial charge in [0.05, 0.1) is 28.3 Å². The van der Waals surface area contributed by atoms with E-state index in [4.69, 9.17) is 0 Å². The predicted octanol–water partition coefficient (Wildman–Crippen LogP) is 12.5. The van der Waals surface area contributed by atoms with Crippen LogP contribution in [0, 0.1) is 0 Å². The molecule has 0 amide bonds. The lowest BCUT2D eigenvalue weighted by Crippen LogP contribution is -2.23. The van der Waals surface area contributed by atoms with Gasteiger partial charge < -0.3 is 25.8 Å². The molecule has 0 saturated carbocycles. The number of hydrogen-bond acceptors (Lipinski definition) is 6. The monoisotopic (exact) mass is 722 g/mol. The van der Waals surface area contributed by atoms with Crippen molar-refractivity contribution in [2.24, 2.45) is 0 Å². The maximum Gasteiger partial charge on any atom is 0.130 e. The molecule has 7 aromatic carbocycles. The van der Waals surface area contributed by atoms with Crippen molar-refractivity contribution in [3.8, 4) is 22.3 Å². The standard InChI is InChI=1S/C50H38N6/c1-3-14-41(15-4-1)55-47-24-20-35(31-45(47)53-49(55)39-18-22-43-37(29-39)12-8-26-51-43)33-10-7-11-34(28-33)36-21-25-48-46(32-36)54-50(56(48)42-16-5-2-6-17-42)40-19-23-44-38(30-40)13-9-27-52-44/h1-26,28-32,49-50,52-54H,27H2. The fraction of sp³-hybridized carbons (Fsp3) is 0.0600. The van der Waals surface area contributed by atoms with E-state index in [1.807, 2.05) is 12.3 Å². The van der Waals surface area contributed by atoms with Crippen LogP contribution in [0.3, 0.4) is 0 Å². The molecular formula is C50H38N6. The molecule has 0 fully saturated rings. The first-order chi connectivity index (χ1) is 27.7. The highest BCUT2D eigenvalue weighted by atomic mass is 15.3. The molecule has 3 N–H and O–H groups in total. The van der Waals surface area contributed by atoms with Crippen molar-refractivity contribution in [1.29, 1.82) is 0 Å². The number of aromatic nitrogens is 1. The van der Waals surface area contributed by atoms with Gasteiger partial charge in [-0.25, -0.2) is 0 Å². The van der Waals surface area contributed by atoms with Crippen LogP contribution in [0.25, 0.3) is 39.2 Å². The molecule has 1 aromatic heterocycles. The minimum absolute atomic E-state index is 0.0425. The summed E-state index contributed by atoms with van der Waals surface area (Å²) in [4.78, 5) is 9.37. The smallest absolute Gasteiger partial charge is 0.130 e. The fourth-order valence-electron chi connectivity index (χ4n) is 8.55. The van der Waals surface area contributed by atoms with Crippen LogP contribution in [-0.4, -0.2) is 11.5 Å². The van der Waals surface area contributed by atoms with Crippen LogP contribution >= 0.6 is 0 Å². The Labute approximate surface area is 326 Å². The minimum Gasteiger partial charge on any atom is -0.381 e. The van der Waals surface area contributed by atoms with Crippen molar-refractivity contribution in [3.05, 3.63) is 199 Å². The van der Waals surface area contributed by atoms with Gasteiger partial charge in [0.2, 0.25) is 0 Å². The number of pyridine rings is 1. The summed E-state index contributed by atoms with van der Waals surface area (Å²) >= 11 is 0. The Morgan fingerprint density at radius 3 is 1.75 bits per heavy atom. The molecule has 6 heteroatoms. The summed E-state index contributed by atoms with van der Waals surface area (Å²) in [7, 11) is 0. The van der Waals surface area contributed by atoms with E-state index in [-0.39, 0.29) is 12.3 Å². The number of para-hydroxylation sites is 2. The third-order valence-corrected chi connectivity index (χ3v) is 11.3. The average Bonchev–Trinajstić information content (AvgIpc) is 3.85. The Hall–Kier alpha value is -7.31. The molecule has 3 aliphatic heterocycles. The summed E-state index contributed by atoms with van der Waals surface area (Å²) in [5.74, 6) is 0. The van der Waals surface area contributed by atoms with E-state index in [2.05, 4.69) is 207 Å². The molecule has 8 aromatic rings. The topological polar surface area (TPSA) is 55.5 Å². The maximum atomic E-state index is 4.56. The second-order valence-corrected chi connectivity index (χ2v) is 14.6. The first-order valence-electron chi connectivity index (χ1n) is 19.2. The average molecular weight is 723 g/mol. The Morgan fingerprint density at radius 2 is 1.09 bits per heavy atom. The SMILES string of the molecule is C1=Cc2cc(C3Nc4cc(-c5cccc(-c6ccc7c(c6)NC(c6ccc8ncccc8c6)N7c6ccccc6)c5)ccc4N3c3ccccc3)ccc2NC1. The van der Waals surface area contributed by atoms with Gasteiger partial charge in [-0.2, -0.15) is 0 Å². The number of nitrogens with one attached hydrogen (secondary N) is 3. The van der Waals surface area contributed by atoms with Gasteiger partial charge in [0.15, 0.2) is 0 Å². The van der Waals surface area contributed by atoms with Crippen LogP contribution in [-0.2, 0) is 0 Å². The summed E-state index contributed by atoms with van der Waals surface area (Å²) in [5.41, 5.74) is 17.3. The van der Waals surface area contributed by atoms with Crippen LogP contribution in [0.15, 0.2) is 182 Å². The molecule has 3 aliphatic rings. The predicted molar refractivity (Wildman–Crippen MR) is 233 cm³/mol. The molecule has 0 aliphatic carbocycles. The van der Waals surface area contributed by atoms with Gasteiger partial charge in [0.1, 0.15) is 12.3 Å². The molecule has 11 rings (SSSR count). The summed E-state index contributed by atoms with van der Waals surface area (Å²) in [6.45, 7) is 0.862. The highest BCUT2D eigenvalue weighted by Crippen LogP contribution is 2.49. The molecule has 0 spiro atoms. The summed E-state index contributed by atoms with van der Waals surface area (Å²) < 4.78 is 0. The van der Waals surface area contributed by atoms with Crippen LogP contribution < -0.4 is 25.8 Å². The fourth-order valence-corrected chi connectivity index (χ4v) is 8.55. The number of hydrogen-bond donors (Lipinski definition) is 3. The van der Waals surface area contributed by atoms with E-state index < -0.39 is 0 Å². The first kappa shape index (κ1) is 32.1. The van der Waals surface area contributed by atoms with Gasteiger partial charge >= 0.3 is 0 Å². The van der Waals surface area contributed by atoms with Crippen molar-refractivity contribution in [2.45, 2.75) is 12.3 Å². The third kappa shape index (κ3) is 5.54. The second-order valence-electron chi connectivity index (χ2n) is 14.6. The number of nitrogens with zero attached hydrogens (tertiary/aromatic N) is 3. The van der Waals surface area contributed by atoms with E-state index in [0.717, 1.165) is 51.6 Å².